The normalized spacial score (nSPS) is 23.3. The fourth-order valence-electron chi connectivity index (χ4n) is 3.31. The zero-order valence-corrected chi connectivity index (χ0v) is 14.6. The van der Waals surface area contributed by atoms with Crippen molar-refractivity contribution in [2.75, 3.05) is 13.1 Å². The largest absolute Gasteiger partial charge is 0.444 e. The van der Waals surface area contributed by atoms with Gasteiger partial charge in [0, 0.05) is 18.5 Å². The Bertz CT molecular complexity index is 701. The summed E-state index contributed by atoms with van der Waals surface area (Å²) >= 11 is 0. The van der Waals surface area contributed by atoms with Crippen molar-refractivity contribution in [3.8, 4) is 12.1 Å². The van der Waals surface area contributed by atoms with Gasteiger partial charge in [0.2, 0.25) is 0 Å². The number of hydrogen-bond donors (Lipinski definition) is 2. The summed E-state index contributed by atoms with van der Waals surface area (Å²) in [5, 5.41) is 19.7. The molecule has 0 saturated carbocycles. The third-order valence-electron chi connectivity index (χ3n) is 4.60. The molecule has 0 radical (unpaired) electrons. The average molecular weight is 346 g/mol. The number of nitriles is 2. The van der Waals surface area contributed by atoms with E-state index in [0.717, 1.165) is 0 Å². The van der Waals surface area contributed by atoms with Gasteiger partial charge < -0.3 is 15.4 Å². The lowest BCUT2D eigenvalue weighted by molar-refractivity contribution is -0.138. The lowest BCUT2D eigenvalue weighted by atomic mass is 9.62. The highest BCUT2D eigenvalue weighted by Gasteiger charge is 2.54. The van der Waals surface area contributed by atoms with Gasteiger partial charge in [0.1, 0.15) is 17.3 Å². The van der Waals surface area contributed by atoms with Crippen LogP contribution >= 0.6 is 0 Å². The summed E-state index contributed by atoms with van der Waals surface area (Å²) in [5.74, 6) is 3.72. The molecule has 134 valence electrons. The molecular formula is C16H22N6O3. The van der Waals surface area contributed by atoms with E-state index in [-0.39, 0.29) is 37.3 Å². The standard InChI is InChI=1S/C16H22N6O3/c1-15(2,3)25-14(24)21-6-4-16(5-7-21)10(8-17)12(19)22(20)13(23)11(16)9-18/h11H,4-7,19-20H2,1-3H3. The predicted molar refractivity (Wildman–Crippen MR) is 86.4 cm³/mol. The maximum atomic E-state index is 12.4. The van der Waals surface area contributed by atoms with Crippen molar-refractivity contribution in [2.24, 2.45) is 22.9 Å². The van der Waals surface area contributed by atoms with E-state index in [1.54, 1.807) is 20.8 Å². The van der Waals surface area contributed by atoms with Crippen molar-refractivity contribution in [1.29, 1.82) is 10.5 Å². The molecule has 1 atom stereocenters. The summed E-state index contributed by atoms with van der Waals surface area (Å²) in [7, 11) is 0. The molecule has 0 aromatic rings. The first kappa shape index (κ1) is 18.6. The lowest BCUT2D eigenvalue weighted by Crippen LogP contribution is -2.58. The van der Waals surface area contributed by atoms with Crippen LogP contribution in [0.2, 0.25) is 0 Å². The number of likely N-dealkylation sites (tertiary alicyclic amines) is 1. The first-order valence-electron chi connectivity index (χ1n) is 7.94. The summed E-state index contributed by atoms with van der Waals surface area (Å²) < 4.78 is 5.34. The van der Waals surface area contributed by atoms with Gasteiger partial charge in [0.25, 0.3) is 5.91 Å². The van der Waals surface area contributed by atoms with Crippen LogP contribution in [-0.2, 0) is 9.53 Å². The second-order valence-corrected chi connectivity index (χ2v) is 7.27. The van der Waals surface area contributed by atoms with E-state index in [0.29, 0.717) is 5.01 Å². The quantitative estimate of drug-likeness (QED) is 0.480. The highest BCUT2D eigenvalue weighted by Crippen LogP contribution is 2.48. The summed E-state index contributed by atoms with van der Waals surface area (Å²) in [6.45, 7) is 5.82. The Balaban J connectivity index is 2.30. The zero-order chi connectivity index (χ0) is 19.0. The fourth-order valence-corrected chi connectivity index (χ4v) is 3.31. The third kappa shape index (κ3) is 3.11. The topological polar surface area (TPSA) is 149 Å². The second-order valence-electron chi connectivity index (χ2n) is 7.27. The molecule has 4 N–H and O–H groups in total. The smallest absolute Gasteiger partial charge is 0.410 e. The number of nitrogens with two attached hydrogens (primary N) is 2. The van der Waals surface area contributed by atoms with Crippen molar-refractivity contribution >= 4 is 12.0 Å². The van der Waals surface area contributed by atoms with Gasteiger partial charge in [-0.3, -0.25) is 4.79 Å². The molecule has 1 saturated heterocycles. The van der Waals surface area contributed by atoms with Crippen molar-refractivity contribution in [2.45, 2.75) is 39.2 Å². The molecule has 2 amide bonds. The molecule has 2 rings (SSSR count). The maximum absolute atomic E-state index is 12.4. The Kier molecular flexibility index (Phi) is 4.65. The number of ether oxygens (including phenoxy) is 1. The minimum Gasteiger partial charge on any atom is -0.444 e. The molecule has 0 aromatic heterocycles. The average Bonchev–Trinajstić information content (AvgIpc) is 2.53. The van der Waals surface area contributed by atoms with Crippen molar-refractivity contribution in [3.63, 3.8) is 0 Å². The molecule has 1 unspecified atom stereocenters. The number of allylic oxidation sites excluding steroid dienone is 1. The van der Waals surface area contributed by atoms with E-state index in [1.165, 1.54) is 4.90 Å². The van der Waals surface area contributed by atoms with Crippen molar-refractivity contribution in [1.82, 2.24) is 9.91 Å². The number of nitrogens with zero attached hydrogens (tertiary/aromatic N) is 4. The van der Waals surface area contributed by atoms with E-state index in [2.05, 4.69) is 0 Å². The van der Waals surface area contributed by atoms with Crippen LogP contribution in [0.15, 0.2) is 11.4 Å². The van der Waals surface area contributed by atoms with Gasteiger partial charge in [-0.1, -0.05) is 0 Å². The maximum Gasteiger partial charge on any atom is 0.410 e. The molecule has 25 heavy (non-hydrogen) atoms. The van der Waals surface area contributed by atoms with E-state index < -0.39 is 28.9 Å². The van der Waals surface area contributed by atoms with Crippen LogP contribution in [0.4, 0.5) is 4.79 Å². The highest BCUT2D eigenvalue weighted by molar-refractivity contribution is 5.86. The van der Waals surface area contributed by atoms with Gasteiger partial charge >= 0.3 is 6.09 Å². The molecule has 9 heteroatoms. The number of hydrazine groups is 1. The molecule has 0 aromatic carbocycles. The Morgan fingerprint density at radius 1 is 1.32 bits per heavy atom. The Morgan fingerprint density at radius 2 is 1.88 bits per heavy atom. The van der Waals surface area contributed by atoms with Gasteiger partial charge in [-0.25, -0.2) is 15.6 Å². The van der Waals surface area contributed by atoms with Crippen LogP contribution < -0.4 is 11.6 Å². The molecule has 1 fully saturated rings. The van der Waals surface area contributed by atoms with E-state index in [1.807, 2.05) is 12.1 Å². The van der Waals surface area contributed by atoms with Crippen LogP contribution in [0, 0.1) is 34.0 Å². The molecule has 2 aliphatic rings. The van der Waals surface area contributed by atoms with Crippen LogP contribution in [0.1, 0.15) is 33.6 Å². The molecule has 0 aliphatic carbocycles. The van der Waals surface area contributed by atoms with E-state index in [4.69, 9.17) is 16.3 Å². The molecule has 1 spiro atoms. The molecular weight excluding hydrogens is 324 g/mol. The molecule has 9 nitrogen and oxygen atoms in total. The van der Waals surface area contributed by atoms with Crippen LogP contribution in [-0.4, -0.2) is 40.6 Å². The number of carbonyl (C=O) groups is 2. The van der Waals surface area contributed by atoms with Gasteiger partial charge in [0.15, 0.2) is 0 Å². The fraction of sp³-hybridized carbons (Fsp3) is 0.625. The molecule has 0 bridgehead atoms. The van der Waals surface area contributed by atoms with Gasteiger partial charge in [0.05, 0.1) is 17.7 Å². The predicted octanol–water partition coefficient (Wildman–Crippen LogP) is 0.553. The minimum absolute atomic E-state index is 0.130. The van der Waals surface area contributed by atoms with Gasteiger partial charge in [-0.15, -0.1) is 0 Å². The first-order valence-corrected chi connectivity index (χ1v) is 7.94. The zero-order valence-electron chi connectivity index (χ0n) is 14.6. The van der Waals surface area contributed by atoms with Crippen molar-refractivity contribution in [3.05, 3.63) is 11.4 Å². The first-order chi connectivity index (χ1) is 11.6. The monoisotopic (exact) mass is 346 g/mol. The summed E-state index contributed by atoms with van der Waals surface area (Å²) in [4.78, 5) is 26.1. The number of hydrogen-bond acceptors (Lipinski definition) is 7. The van der Waals surface area contributed by atoms with Crippen LogP contribution in [0.3, 0.4) is 0 Å². The van der Waals surface area contributed by atoms with Gasteiger partial charge in [-0.05, 0) is 33.6 Å². The Labute approximate surface area is 146 Å². The van der Waals surface area contributed by atoms with Crippen molar-refractivity contribution < 1.29 is 14.3 Å². The number of amides is 2. The van der Waals surface area contributed by atoms with Crippen LogP contribution in [0.25, 0.3) is 0 Å². The molecule has 2 aliphatic heterocycles. The molecule has 2 heterocycles. The number of rotatable bonds is 0. The van der Waals surface area contributed by atoms with Crippen LogP contribution in [0.5, 0.6) is 0 Å². The SMILES string of the molecule is CC(C)(C)OC(=O)N1CCC2(CC1)C(C#N)=C(N)N(N)C(=O)C2C#N. The lowest BCUT2D eigenvalue weighted by Gasteiger charge is -2.47. The second kappa shape index (κ2) is 6.26. The van der Waals surface area contributed by atoms with E-state index >= 15 is 0 Å². The summed E-state index contributed by atoms with van der Waals surface area (Å²) in [5.41, 5.74) is 4.33. The van der Waals surface area contributed by atoms with E-state index in [9.17, 15) is 20.1 Å². The Morgan fingerprint density at radius 3 is 2.32 bits per heavy atom. The number of carbonyl (C=O) groups excluding carboxylic acids is 2. The third-order valence-corrected chi connectivity index (χ3v) is 4.60. The number of piperidine rings is 1. The summed E-state index contributed by atoms with van der Waals surface area (Å²) in [6, 6.07) is 3.97. The van der Waals surface area contributed by atoms with Gasteiger partial charge in [-0.2, -0.15) is 10.5 Å². The minimum atomic E-state index is -1.11. The highest BCUT2D eigenvalue weighted by atomic mass is 16.6. The Hall–Kier alpha value is -2.78. The summed E-state index contributed by atoms with van der Waals surface area (Å²) in [6.07, 6.45) is 0.0512.